The number of hydrogen-bond acceptors (Lipinski definition) is 4. The van der Waals surface area contributed by atoms with Gasteiger partial charge in [0.05, 0.1) is 12.5 Å². The molecule has 1 atom stereocenters. The van der Waals surface area contributed by atoms with Gasteiger partial charge in [0.25, 0.3) is 0 Å². The summed E-state index contributed by atoms with van der Waals surface area (Å²) >= 11 is 0. The van der Waals surface area contributed by atoms with E-state index in [1.807, 2.05) is 36.4 Å². The Morgan fingerprint density at radius 2 is 2.18 bits per heavy atom. The zero-order chi connectivity index (χ0) is 15.4. The predicted octanol–water partition coefficient (Wildman–Crippen LogP) is 1.48. The number of piperidine rings is 1. The van der Waals surface area contributed by atoms with Crippen LogP contribution in [-0.4, -0.2) is 23.5 Å². The summed E-state index contributed by atoms with van der Waals surface area (Å²) < 4.78 is 5.28. The normalized spacial score (nSPS) is 17.8. The molecule has 0 radical (unpaired) electrons. The summed E-state index contributed by atoms with van der Waals surface area (Å²) in [5.74, 6) is 0.449. The van der Waals surface area contributed by atoms with Crippen LogP contribution in [0.25, 0.3) is 11.3 Å². The number of amides is 2. The number of nitrogens with one attached hydrogen (secondary N) is 2. The van der Waals surface area contributed by atoms with Crippen LogP contribution in [0, 0.1) is 5.92 Å². The number of hydrogen-bond donors (Lipinski definition) is 2. The molecule has 6 nitrogen and oxygen atoms in total. The van der Waals surface area contributed by atoms with Crippen molar-refractivity contribution < 1.29 is 14.1 Å². The minimum atomic E-state index is -0.168. The van der Waals surface area contributed by atoms with Crippen LogP contribution in [0.2, 0.25) is 0 Å². The molecule has 3 rings (SSSR count). The highest BCUT2D eigenvalue weighted by molar-refractivity contribution is 5.83. The van der Waals surface area contributed by atoms with Crippen molar-refractivity contribution in [2.45, 2.75) is 19.4 Å². The standard InChI is InChI=1S/C16H17N3O3/c20-15-7-6-12(9-17-15)16(21)18-10-13-8-14(22-19-13)11-4-2-1-3-5-11/h1-5,8,12H,6-7,9-10H2,(H,17,20)(H,18,21). The molecule has 0 bridgehead atoms. The van der Waals surface area contributed by atoms with E-state index in [-0.39, 0.29) is 17.7 Å². The highest BCUT2D eigenvalue weighted by Gasteiger charge is 2.24. The van der Waals surface area contributed by atoms with Gasteiger partial charge in [-0.1, -0.05) is 35.5 Å². The van der Waals surface area contributed by atoms with Gasteiger partial charge in [-0.05, 0) is 6.42 Å². The summed E-state index contributed by atoms with van der Waals surface area (Å²) in [7, 11) is 0. The van der Waals surface area contributed by atoms with Crippen molar-refractivity contribution in [2.75, 3.05) is 6.54 Å². The monoisotopic (exact) mass is 299 g/mol. The Morgan fingerprint density at radius 1 is 1.36 bits per heavy atom. The maximum atomic E-state index is 12.0. The zero-order valence-corrected chi connectivity index (χ0v) is 12.0. The summed E-state index contributed by atoms with van der Waals surface area (Å²) in [6, 6.07) is 11.5. The van der Waals surface area contributed by atoms with Crippen molar-refractivity contribution >= 4 is 11.8 Å². The molecule has 6 heteroatoms. The first-order valence-corrected chi connectivity index (χ1v) is 7.28. The van der Waals surface area contributed by atoms with Crippen LogP contribution in [0.1, 0.15) is 18.5 Å². The molecule has 2 heterocycles. The largest absolute Gasteiger partial charge is 0.356 e. The van der Waals surface area contributed by atoms with E-state index < -0.39 is 0 Å². The third-order valence-corrected chi connectivity index (χ3v) is 3.70. The van der Waals surface area contributed by atoms with Gasteiger partial charge in [-0.25, -0.2) is 0 Å². The van der Waals surface area contributed by atoms with Crippen LogP contribution >= 0.6 is 0 Å². The third-order valence-electron chi connectivity index (χ3n) is 3.70. The number of carbonyl (C=O) groups is 2. The summed E-state index contributed by atoms with van der Waals surface area (Å²) in [6.07, 6.45) is 0.992. The molecule has 22 heavy (non-hydrogen) atoms. The van der Waals surface area contributed by atoms with Gasteiger partial charge in [0.2, 0.25) is 11.8 Å². The van der Waals surface area contributed by atoms with E-state index in [0.29, 0.717) is 37.4 Å². The Balaban J connectivity index is 1.55. The van der Waals surface area contributed by atoms with Gasteiger partial charge >= 0.3 is 0 Å². The summed E-state index contributed by atoms with van der Waals surface area (Å²) in [5, 5.41) is 9.50. The molecule has 2 aromatic rings. The minimum Gasteiger partial charge on any atom is -0.356 e. The fourth-order valence-corrected chi connectivity index (χ4v) is 2.41. The molecule has 1 aromatic heterocycles. The number of benzene rings is 1. The molecule has 2 N–H and O–H groups in total. The zero-order valence-electron chi connectivity index (χ0n) is 12.0. The molecule has 114 valence electrons. The van der Waals surface area contributed by atoms with Crippen LogP contribution in [0.5, 0.6) is 0 Å². The van der Waals surface area contributed by atoms with Gasteiger partial charge in [-0.3, -0.25) is 9.59 Å². The lowest BCUT2D eigenvalue weighted by atomic mass is 9.98. The third kappa shape index (κ3) is 3.33. The van der Waals surface area contributed by atoms with Crippen LogP contribution < -0.4 is 10.6 Å². The van der Waals surface area contributed by atoms with Crippen molar-refractivity contribution in [1.29, 1.82) is 0 Å². The number of nitrogens with zero attached hydrogens (tertiary/aromatic N) is 1. The first kappa shape index (κ1) is 14.3. The van der Waals surface area contributed by atoms with Crippen molar-refractivity contribution in [3.63, 3.8) is 0 Å². The molecular weight excluding hydrogens is 282 g/mol. The van der Waals surface area contributed by atoms with E-state index in [1.54, 1.807) is 0 Å². The highest BCUT2D eigenvalue weighted by Crippen LogP contribution is 2.19. The average molecular weight is 299 g/mol. The van der Waals surface area contributed by atoms with E-state index in [1.165, 1.54) is 0 Å². The molecule has 1 aliphatic heterocycles. The summed E-state index contributed by atoms with van der Waals surface area (Å²) in [6.45, 7) is 0.721. The molecule has 1 fully saturated rings. The maximum Gasteiger partial charge on any atom is 0.225 e. The van der Waals surface area contributed by atoms with E-state index in [2.05, 4.69) is 15.8 Å². The second kappa shape index (κ2) is 6.43. The minimum absolute atomic E-state index is 0.00746. The van der Waals surface area contributed by atoms with E-state index >= 15 is 0 Å². The molecule has 2 amide bonds. The second-order valence-electron chi connectivity index (χ2n) is 5.31. The van der Waals surface area contributed by atoms with Crippen molar-refractivity contribution in [2.24, 2.45) is 5.92 Å². The Bertz CT molecular complexity index is 656. The number of carbonyl (C=O) groups excluding carboxylic acids is 2. The summed E-state index contributed by atoms with van der Waals surface area (Å²) in [5.41, 5.74) is 1.62. The summed E-state index contributed by atoms with van der Waals surface area (Å²) in [4.78, 5) is 23.1. The fraction of sp³-hybridized carbons (Fsp3) is 0.312. The molecule has 1 saturated heterocycles. The average Bonchev–Trinajstić information content (AvgIpc) is 3.03. The first-order valence-electron chi connectivity index (χ1n) is 7.28. The number of rotatable bonds is 4. The Hall–Kier alpha value is -2.63. The van der Waals surface area contributed by atoms with Crippen molar-refractivity contribution in [1.82, 2.24) is 15.8 Å². The molecule has 0 saturated carbocycles. The van der Waals surface area contributed by atoms with Gasteiger partial charge in [-0.15, -0.1) is 0 Å². The molecule has 0 aliphatic carbocycles. The lowest BCUT2D eigenvalue weighted by Crippen LogP contribution is -2.42. The van der Waals surface area contributed by atoms with Gasteiger partial charge in [0.1, 0.15) is 5.69 Å². The van der Waals surface area contributed by atoms with E-state index in [4.69, 9.17) is 4.52 Å². The van der Waals surface area contributed by atoms with Crippen LogP contribution in [0.4, 0.5) is 0 Å². The molecule has 1 aliphatic rings. The van der Waals surface area contributed by atoms with Gasteiger partial charge in [0.15, 0.2) is 5.76 Å². The van der Waals surface area contributed by atoms with Gasteiger partial charge in [0, 0.05) is 24.6 Å². The first-order chi connectivity index (χ1) is 10.7. The van der Waals surface area contributed by atoms with Crippen LogP contribution in [0.15, 0.2) is 40.9 Å². The van der Waals surface area contributed by atoms with Gasteiger partial charge < -0.3 is 15.2 Å². The molecule has 1 aromatic carbocycles. The maximum absolute atomic E-state index is 12.0. The Morgan fingerprint density at radius 3 is 2.91 bits per heavy atom. The van der Waals surface area contributed by atoms with Crippen molar-refractivity contribution in [3.8, 4) is 11.3 Å². The lowest BCUT2D eigenvalue weighted by Gasteiger charge is -2.21. The Labute approximate surface area is 127 Å². The van der Waals surface area contributed by atoms with Crippen LogP contribution in [0.3, 0.4) is 0 Å². The smallest absolute Gasteiger partial charge is 0.225 e. The second-order valence-corrected chi connectivity index (χ2v) is 5.31. The fourth-order valence-electron chi connectivity index (χ4n) is 2.41. The lowest BCUT2D eigenvalue weighted by molar-refractivity contribution is -0.129. The Kier molecular flexibility index (Phi) is 4.18. The SMILES string of the molecule is O=C1CCC(C(=O)NCc2cc(-c3ccccc3)on2)CN1. The number of aromatic nitrogens is 1. The van der Waals surface area contributed by atoms with Crippen LogP contribution in [-0.2, 0) is 16.1 Å². The molecule has 1 unspecified atom stereocenters. The van der Waals surface area contributed by atoms with Gasteiger partial charge in [-0.2, -0.15) is 0 Å². The highest BCUT2D eigenvalue weighted by atomic mass is 16.5. The quantitative estimate of drug-likeness (QED) is 0.895. The topological polar surface area (TPSA) is 84.2 Å². The predicted molar refractivity (Wildman–Crippen MR) is 79.5 cm³/mol. The molecule has 0 spiro atoms. The van der Waals surface area contributed by atoms with E-state index in [9.17, 15) is 9.59 Å². The van der Waals surface area contributed by atoms with E-state index in [0.717, 1.165) is 5.56 Å². The molecular formula is C16H17N3O3. The van der Waals surface area contributed by atoms with Crippen molar-refractivity contribution in [3.05, 3.63) is 42.1 Å².